The summed E-state index contributed by atoms with van der Waals surface area (Å²) >= 11 is 0.693. The van der Waals surface area contributed by atoms with Gasteiger partial charge in [-0.15, -0.1) is 0 Å². The molecular weight excluding hydrogens is 672 g/mol. The van der Waals surface area contributed by atoms with Crippen LogP contribution >= 0.6 is 11.3 Å². The molecule has 5 heterocycles. The number of piperazine rings is 1. The number of ether oxygens (including phenoxy) is 1. The number of alkyl halides is 4. The van der Waals surface area contributed by atoms with Crippen molar-refractivity contribution in [2.75, 3.05) is 43.4 Å². The van der Waals surface area contributed by atoms with Crippen molar-refractivity contribution >= 4 is 49.3 Å². The molecular formula is C33H33F6N7O2S. The van der Waals surface area contributed by atoms with E-state index in [1.807, 2.05) is 13.8 Å². The van der Waals surface area contributed by atoms with Crippen molar-refractivity contribution in [2.24, 2.45) is 0 Å². The summed E-state index contributed by atoms with van der Waals surface area (Å²) in [6, 6.07) is 1.54. The topological polar surface area (TPSA) is 101 Å². The number of aromatic nitrogens is 3. The van der Waals surface area contributed by atoms with Crippen LogP contribution in [-0.2, 0) is 11.0 Å². The summed E-state index contributed by atoms with van der Waals surface area (Å²) < 4.78 is 95.4. The maximum atomic E-state index is 15.5. The van der Waals surface area contributed by atoms with E-state index in [4.69, 9.17) is 10.5 Å². The minimum absolute atomic E-state index is 0.00287. The second-order valence-electron chi connectivity index (χ2n) is 13.1. The number of nitrogens with zero attached hydrogens (tertiary/aromatic N) is 6. The molecule has 1 amide bonds. The Morgan fingerprint density at radius 1 is 1.12 bits per heavy atom. The lowest BCUT2D eigenvalue weighted by molar-refractivity contribution is -0.137. The Morgan fingerprint density at radius 3 is 2.63 bits per heavy atom. The van der Waals surface area contributed by atoms with E-state index >= 15 is 4.39 Å². The largest absolute Gasteiger partial charge is 0.461 e. The number of benzene rings is 2. The van der Waals surface area contributed by atoms with Gasteiger partial charge in [0, 0.05) is 60.7 Å². The normalized spacial score (nSPS) is 24.6. The quantitative estimate of drug-likeness (QED) is 0.183. The molecule has 3 aliphatic rings. The Balaban J connectivity index is 1.41. The molecule has 3 fully saturated rings. The highest BCUT2D eigenvalue weighted by Gasteiger charge is 2.49. The molecule has 0 spiro atoms. The van der Waals surface area contributed by atoms with Crippen LogP contribution in [0, 0.1) is 11.6 Å². The number of fused-ring (bicyclic) bond motifs is 3. The van der Waals surface area contributed by atoms with Gasteiger partial charge in [-0.1, -0.05) is 17.9 Å². The first-order valence-electron chi connectivity index (χ1n) is 15.9. The Hall–Kier alpha value is -4.18. The van der Waals surface area contributed by atoms with Gasteiger partial charge >= 0.3 is 12.2 Å². The Morgan fingerprint density at radius 2 is 1.90 bits per heavy atom. The summed E-state index contributed by atoms with van der Waals surface area (Å²) in [4.78, 5) is 31.1. The molecule has 9 nitrogen and oxygen atoms in total. The van der Waals surface area contributed by atoms with E-state index in [0.717, 1.165) is 25.1 Å². The van der Waals surface area contributed by atoms with Crippen LogP contribution in [0.2, 0.25) is 0 Å². The van der Waals surface area contributed by atoms with Crippen molar-refractivity contribution < 1.29 is 35.9 Å². The van der Waals surface area contributed by atoms with Gasteiger partial charge in [0.15, 0.2) is 5.13 Å². The molecule has 3 aliphatic heterocycles. The molecule has 4 atom stereocenters. The van der Waals surface area contributed by atoms with E-state index in [2.05, 4.69) is 26.4 Å². The highest BCUT2D eigenvalue weighted by Crippen LogP contribution is 2.46. The molecule has 4 aromatic rings. The highest BCUT2D eigenvalue weighted by molar-refractivity contribution is 7.22. The predicted octanol–water partition coefficient (Wildman–Crippen LogP) is 6.35. The molecule has 3 saturated heterocycles. The summed E-state index contributed by atoms with van der Waals surface area (Å²) in [5.74, 6) is -2.41. The van der Waals surface area contributed by atoms with Gasteiger partial charge in [0.25, 0.3) is 0 Å². The average Bonchev–Trinajstić information content (AvgIpc) is 3.70. The van der Waals surface area contributed by atoms with Crippen LogP contribution in [-0.4, -0.2) is 87.2 Å². The number of thiazole rings is 1. The number of hydrogen-bond acceptors (Lipinski definition) is 9. The molecule has 2 aromatic carbocycles. The van der Waals surface area contributed by atoms with Crippen LogP contribution in [0.4, 0.5) is 37.3 Å². The van der Waals surface area contributed by atoms with E-state index in [9.17, 15) is 26.7 Å². The van der Waals surface area contributed by atoms with E-state index < -0.39 is 52.3 Å². The van der Waals surface area contributed by atoms with E-state index in [1.54, 1.807) is 9.80 Å². The number of carbonyl (C=O) groups is 1. The van der Waals surface area contributed by atoms with E-state index in [-0.39, 0.29) is 76.1 Å². The summed E-state index contributed by atoms with van der Waals surface area (Å²) in [5, 5.41) is -0.136. The molecule has 0 aliphatic carbocycles. The molecule has 16 heteroatoms. The number of nitrogen functional groups attached to an aromatic ring is 1. The van der Waals surface area contributed by atoms with Crippen molar-refractivity contribution in [1.29, 1.82) is 0 Å². The Labute approximate surface area is 281 Å². The third kappa shape index (κ3) is 5.71. The molecule has 2 aromatic heterocycles. The predicted molar refractivity (Wildman–Crippen MR) is 174 cm³/mol. The molecule has 0 radical (unpaired) electrons. The van der Waals surface area contributed by atoms with Crippen LogP contribution in [0.5, 0.6) is 6.01 Å². The maximum absolute atomic E-state index is 15.5. The molecule has 2 N–H and O–H groups in total. The molecule has 4 unspecified atom stereocenters. The molecule has 7 rings (SSSR count). The zero-order valence-electron chi connectivity index (χ0n) is 26.7. The lowest BCUT2D eigenvalue weighted by atomic mass is 9.95. The van der Waals surface area contributed by atoms with Gasteiger partial charge in [0.1, 0.15) is 30.2 Å². The van der Waals surface area contributed by atoms with Crippen LogP contribution in [0.1, 0.15) is 38.7 Å². The lowest BCUT2D eigenvalue weighted by Gasteiger charge is -2.44. The first kappa shape index (κ1) is 33.3. The highest BCUT2D eigenvalue weighted by atomic mass is 32.1. The van der Waals surface area contributed by atoms with Crippen molar-refractivity contribution in [3.63, 3.8) is 0 Å². The first-order valence-corrected chi connectivity index (χ1v) is 16.7. The van der Waals surface area contributed by atoms with Crippen molar-refractivity contribution in [3.05, 3.63) is 48.1 Å². The number of anilines is 2. The molecule has 0 bridgehead atoms. The zero-order valence-corrected chi connectivity index (χ0v) is 27.5. The maximum Gasteiger partial charge on any atom is 0.417 e. The fourth-order valence-corrected chi connectivity index (χ4v) is 8.39. The van der Waals surface area contributed by atoms with Gasteiger partial charge in [-0.3, -0.25) is 9.69 Å². The van der Waals surface area contributed by atoms with E-state index in [0.29, 0.717) is 30.4 Å². The SMILES string of the molecule is C=CC(=O)N1CC(C)N(c2nc(OCC34CCCN3CC(F)C4)nc3cc(-c4c(F)cc(F)c5sc(N)nc45)c(C(F)(F)F)cc23)CC1C. The fraction of sp³-hybridized carbons (Fsp3) is 0.455. The number of rotatable bonds is 6. The number of carbonyl (C=O) groups excluding carboxylic acids is 1. The first-order chi connectivity index (χ1) is 23.2. The van der Waals surface area contributed by atoms with Crippen molar-refractivity contribution in [3.8, 4) is 17.1 Å². The van der Waals surface area contributed by atoms with E-state index in [1.165, 1.54) is 6.08 Å². The van der Waals surface area contributed by atoms with Crippen LogP contribution in [0.3, 0.4) is 0 Å². The third-order valence-corrected chi connectivity index (χ3v) is 10.8. The minimum atomic E-state index is -4.99. The Kier molecular flexibility index (Phi) is 8.16. The van der Waals surface area contributed by atoms with Gasteiger partial charge in [-0.05, 0) is 51.4 Å². The number of amides is 1. The van der Waals surface area contributed by atoms with Gasteiger partial charge in [-0.2, -0.15) is 23.1 Å². The van der Waals surface area contributed by atoms with Crippen molar-refractivity contribution in [2.45, 2.75) is 63.1 Å². The van der Waals surface area contributed by atoms with Gasteiger partial charge in [0.2, 0.25) is 5.91 Å². The zero-order chi connectivity index (χ0) is 35.0. The number of halogens is 6. The number of hydrogen-bond donors (Lipinski definition) is 1. The summed E-state index contributed by atoms with van der Waals surface area (Å²) in [6.45, 7) is 8.71. The molecule has 260 valence electrons. The van der Waals surface area contributed by atoms with Crippen LogP contribution < -0.4 is 15.4 Å². The van der Waals surface area contributed by atoms with Crippen molar-refractivity contribution in [1.82, 2.24) is 24.8 Å². The molecule has 49 heavy (non-hydrogen) atoms. The molecule has 0 saturated carbocycles. The Bertz CT molecular complexity index is 1990. The summed E-state index contributed by atoms with van der Waals surface area (Å²) in [7, 11) is 0. The summed E-state index contributed by atoms with van der Waals surface area (Å²) in [5.41, 5.74) is 2.49. The monoisotopic (exact) mass is 705 g/mol. The third-order valence-electron chi connectivity index (χ3n) is 9.91. The lowest BCUT2D eigenvalue weighted by Crippen LogP contribution is -2.58. The van der Waals surface area contributed by atoms with Crippen LogP contribution in [0.25, 0.3) is 32.2 Å². The minimum Gasteiger partial charge on any atom is -0.461 e. The second kappa shape index (κ2) is 12.0. The van der Waals surface area contributed by atoms with Crippen LogP contribution in [0.15, 0.2) is 30.9 Å². The van der Waals surface area contributed by atoms with Gasteiger partial charge in [0.05, 0.1) is 26.8 Å². The standard InChI is InChI=1S/C33H33F6N7O2S/c1-4-25(47)45-12-17(3)46(13-16(45)2)29-20-8-21(33(37,38)39)19(26-22(35)10-23(36)28-27(26)42-30(40)49-28)9-24(20)41-31(43-29)48-15-32-6-5-7-44(32)14-18(34)11-32/h4,8-10,16-18H,1,5-7,11-15H2,2-3H3,(H2,40,42). The second-order valence-corrected chi connectivity index (χ2v) is 14.1. The fourth-order valence-electron chi connectivity index (χ4n) is 7.64. The average molecular weight is 706 g/mol. The number of nitrogens with two attached hydrogens (primary N) is 1. The van der Waals surface area contributed by atoms with Gasteiger partial charge < -0.3 is 20.3 Å². The van der Waals surface area contributed by atoms with Gasteiger partial charge in [-0.25, -0.2) is 18.2 Å². The smallest absolute Gasteiger partial charge is 0.417 e. The summed E-state index contributed by atoms with van der Waals surface area (Å²) in [6.07, 6.45) is -2.95.